The van der Waals surface area contributed by atoms with E-state index in [9.17, 15) is 4.79 Å². The zero-order chi connectivity index (χ0) is 19.8. The summed E-state index contributed by atoms with van der Waals surface area (Å²) in [4.78, 5) is 12.0. The van der Waals surface area contributed by atoms with Crippen LogP contribution in [0, 0.1) is 18.8 Å². The van der Waals surface area contributed by atoms with Crippen molar-refractivity contribution in [3.8, 4) is 11.8 Å². The third-order valence-electron chi connectivity index (χ3n) is 4.31. The predicted octanol–water partition coefficient (Wildman–Crippen LogP) is 5.05. The van der Waals surface area contributed by atoms with E-state index in [1.165, 1.54) is 4.46 Å². The SMILES string of the molecule is Cc1ccc(C(=O)C(Cl)(C#Cc2ccccc2)CC[Se]c2ccccc2)cc1. The van der Waals surface area contributed by atoms with Crippen molar-refractivity contribution in [2.75, 3.05) is 0 Å². The Kier molecular flexibility index (Phi) is 7.12. The van der Waals surface area contributed by atoms with Gasteiger partial charge < -0.3 is 0 Å². The van der Waals surface area contributed by atoms with Gasteiger partial charge in [0.2, 0.25) is 0 Å². The molecule has 0 radical (unpaired) electrons. The van der Waals surface area contributed by atoms with Gasteiger partial charge in [0.05, 0.1) is 0 Å². The van der Waals surface area contributed by atoms with E-state index >= 15 is 0 Å². The van der Waals surface area contributed by atoms with Gasteiger partial charge in [-0.3, -0.25) is 0 Å². The Labute approximate surface area is 178 Å². The second-order valence-electron chi connectivity index (χ2n) is 6.52. The van der Waals surface area contributed by atoms with Crippen LogP contribution in [0.25, 0.3) is 0 Å². The molecule has 0 amide bonds. The number of carbonyl (C=O) groups is 1. The van der Waals surface area contributed by atoms with E-state index < -0.39 is 4.87 Å². The van der Waals surface area contributed by atoms with Gasteiger partial charge in [-0.25, -0.2) is 0 Å². The number of alkyl halides is 1. The number of ketones is 1. The van der Waals surface area contributed by atoms with Crippen LogP contribution < -0.4 is 4.46 Å². The average Bonchev–Trinajstić information content (AvgIpc) is 2.74. The van der Waals surface area contributed by atoms with Crippen molar-refractivity contribution in [3.05, 3.63) is 102 Å². The van der Waals surface area contributed by atoms with Gasteiger partial charge in [0.25, 0.3) is 0 Å². The predicted molar refractivity (Wildman–Crippen MR) is 119 cm³/mol. The topological polar surface area (TPSA) is 17.1 Å². The first-order valence-corrected chi connectivity index (χ1v) is 11.6. The van der Waals surface area contributed by atoms with Crippen LogP contribution in [0.1, 0.15) is 27.9 Å². The molecule has 0 fully saturated rings. The van der Waals surface area contributed by atoms with Crippen molar-refractivity contribution in [2.45, 2.75) is 23.5 Å². The summed E-state index contributed by atoms with van der Waals surface area (Å²) >= 11 is 7.12. The fourth-order valence-electron chi connectivity index (χ4n) is 2.69. The summed E-state index contributed by atoms with van der Waals surface area (Å²) in [6.45, 7) is 2.00. The van der Waals surface area contributed by atoms with Gasteiger partial charge in [-0.1, -0.05) is 0 Å². The molecule has 0 N–H and O–H groups in total. The first kappa shape index (κ1) is 20.4. The van der Waals surface area contributed by atoms with Crippen molar-refractivity contribution >= 4 is 36.8 Å². The monoisotopic (exact) mass is 452 g/mol. The third-order valence-corrected chi connectivity index (χ3v) is 6.89. The van der Waals surface area contributed by atoms with Gasteiger partial charge >= 0.3 is 179 Å². The van der Waals surface area contributed by atoms with E-state index in [1.807, 2.05) is 79.7 Å². The number of hydrogen-bond acceptors (Lipinski definition) is 1. The molecule has 1 unspecified atom stereocenters. The molecule has 3 aromatic rings. The van der Waals surface area contributed by atoms with E-state index in [0.717, 1.165) is 16.4 Å². The quantitative estimate of drug-likeness (QED) is 0.222. The molecule has 0 aliphatic heterocycles. The summed E-state index contributed by atoms with van der Waals surface area (Å²) in [5.41, 5.74) is 2.58. The number of Topliss-reactive ketones (excluding diaryl/α,β-unsaturated/α-hetero) is 1. The van der Waals surface area contributed by atoms with E-state index in [2.05, 4.69) is 24.0 Å². The molecular weight excluding hydrogens is 431 g/mol. The minimum atomic E-state index is -1.22. The Bertz CT molecular complexity index is 972. The molecule has 3 rings (SSSR count). The van der Waals surface area contributed by atoms with E-state index in [1.54, 1.807) is 0 Å². The molecule has 0 spiro atoms. The molecule has 0 saturated carbocycles. The normalized spacial score (nSPS) is 12.5. The van der Waals surface area contributed by atoms with Crippen molar-refractivity contribution in [3.63, 3.8) is 0 Å². The van der Waals surface area contributed by atoms with Crippen molar-refractivity contribution in [1.82, 2.24) is 0 Å². The first-order chi connectivity index (χ1) is 13.6. The first-order valence-electron chi connectivity index (χ1n) is 9.13. The number of benzene rings is 3. The Morgan fingerprint density at radius 2 is 1.54 bits per heavy atom. The Hall–Kier alpha value is -2.30. The van der Waals surface area contributed by atoms with Gasteiger partial charge in [-0.15, -0.1) is 0 Å². The van der Waals surface area contributed by atoms with Crippen LogP contribution in [0.3, 0.4) is 0 Å². The van der Waals surface area contributed by atoms with Crippen LogP contribution in [0.2, 0.25) is 5.32 Å². The van der Waals surface area contributed by atoms with Crippen LogP contribution in [-0.4, -0.2) is 25.6 Å². The fraction of sp³-hybridized carbons (Fsp3) is 0.160. The minimum absolute atomic E-state index is 0.124. The molecular formula is C25H21ClOSe. The third kappa shape index (κ3) is 5.60. The molecule has 0 aliphatic carbocycles. The Balaban J connectivity index is 1.83. The van der Waals surface area contributed by atoms with Gasteiger partial charge in [0.15, 0.2) is 0 Å². The number of halogens is 1. The van der Waals surface area contributed by atoms with Crippen LogP contribution in [0.15, 0.2) is 84.9 Å². The van der Waals surface area contributed by atoms with Gasteiger partial charge in [0.1, 0.15) is 0 Å². The number of hydrogen-bond donors (Lipinski definition) is 0. The van der Waals surface area contributed by atoms with Crippen molar-refractivity contribution in [2.24, 2.45) is 0 Å². The van der Waals surface area contributed by atoms with Crippen LogP contribution in [0.4, 0.5) is 0 Å². The number of rotatable bonds is 6. The van der Waals surface area contributed by atoms with Gasteiger partial charge in [0, 0.05) is 0 Å². The summed E-state index contributed by atoms with van der Waals surface area (Å²) in [6, 6.07) is 27.5. The molecule has 0 heterocycles. The zero-order valence-electron chi connectivity index (χ0n) is 15.7. The van der Waals surface area contributed by atoms with Crippen LogP contribution in [0.5, 0.6) is 0 Å². The molecule has 1 atom stereocenters. The molecule has 0 saturated heterocycles. The summed E-state index contributed by atoms with van der Waals surface area (Å²) in [6.07, 6.45) is 0.524. The number of aryl methyl sites for hydroxylation is 1. The maximum absolute atomic E-state index is 13.2. The summed E-state index contributed by atoms with van der Waals surface area (Å²) in [5.74, 6) is 6.06. The average molecular weight is 452 g/mol. The fourth-order valence-corrected chi connectivity index (χ4v) is 5.27. The van der Waals surface area contributed by atoms with Crippen molar-refractivity contribution < 1.29 is 4.79 Å². The second kappa shape index (κ2) is 9.76. The van der Waals surface area contributed by atoms with Gasteiger partial charge in [-0.2, -0.15) is 0 Å². The molecule has 3 aromatic carbocycles. The zero-order valence-corrected chi connectivity index (χ0v) is 18.2. The molecule has 3 heteroatoms. The molecule has 140 valence electrons. The Morgan fingerprint density at radius 1 is 0.929 bits per heavy atom. The van der Waals surface area contributed by atoms with Crippen LogP contribution >= 0.6 is 11.6 Å². The molecule has 28 heavy (non-hydrogen) atoms. The van der Waals surface area contributed by atoms with Crippen LogP contribution in [-0.2, 0) is 0 Å². The Morgan fingerprint density at radius 3 is 2.18 bits per heavy atom. The van der Waals surface area contributed by atoms with E-state index in [-0.39, 0.29) is 20.7 Å². The summed E-state index contributed by atoms with van der Waals surface area (Å²) < 4.78 is 1.30. The number of carbonyl (C=O) groups excluding carboxylic acids is 1. The van der Waals surface area contributed by atoms with Gasteiger partial charge in [-0.05, 0) is 0 Å². The summed E-state index contributed by atoms with van der Waals surface area (Å²) in [7, 11) is 0. The molecule has 0 aliphatic rings. The molecule has 0 aromatic heterocycles. The van der Waals surface area contributed by atoms with E-state index in [4.69, 9.17) is 11.6 Å². The van der Waals surface area contributed by atoms with E-state index in [0.29, 0.717) is 12.0 Å². The van der Waals surface area contributed by atoms with Crippen molar-refractivity contribution in [1.29, 1.82) is 0 Å². The standard InChI is InChI=1S/C25H21ClOSe/c1-20-12-14-22(15-13-20)24(27)25(26,17-16-21-8-4-2-5-9-21)18-19-28-23-10-6-3-7-11-23/h2-15H,18-19H2,1H3. The molecule has 0 bridgehead atoms. The maximum atomic E-state index is 13.2. The second-order valence-corrected chi connectivity index (χ2v) is 9.62. The molecule has 1 nitrogen and oxygen atoms in total. The summed E-state index contributed by atoms with van der Waals surface area (Å²) in [5, 5.41) is 0.849.